The first-order chi connectivity index (χ1) is 11.4. The average molecular weight is 386 g/mol. The molecule has 1 amide bonds. The molecule has 0 fully saturated rings. The lowest BCUT2D eigenvalue weighted by Gasteiger charge is -2.13. The van der Waals surface area contributed by atoms with Gasteiger partial charge in [-0.15, -0.1) is 0 Å². The van der Waals surface area contributed by atoms with Crippen molar-refractivity contribution in [3.63, 3.8) is 0 Å². The number of nitrogens with one attached hydrogen (secondary N) is 2. The number of hydrogen-bond donors (Lipinski definition) is 2. The molecule has 1 atom stereocenters. The predicted molar refractivity (Wildman–Crippen MR) is 99.3 cm³/mol. The number of carbonyl (C=O) groups excluding carboxylic acids is 1. The second-order valence-corrected chi connectivity index (χ2v) is 7.34. The molecule has 0 bridgehead atoms. The molecular weight excluding hydrogens is 369 g/mol. The van der Waals surface area contributed by atoms with Crippen molar-refractivity contribution in [1.82, 2.24) is 9.97 Å². The third-order valence-electron chi connectivity index (χ3n) is 3.12. The quantitative estimate of drug-likeness (QED) is 0.578. The Labute approximate surface area is 154 Å². The number of amides is 1. The zero-order valence-electron chi connectivity index (χ0n) is 13.2. The molecule has 0 aliphatic carbocycles. The Balaban J connectivity index is 2.09. The Morgan fingerprint density at radius 3 is 2.83 bits per heavy atom. The number of rotatable bonds is 6. The van der Waals surface area contributed by atoms with Crippen LogP contribution in [0.4, 0.5) is 5.69 Å². The Bertz CT molecular complexity index is 795. The van der Waals surface area contributed by atoms with Crippen LogP contribution in [0.1, 0.15) is 26.0 Å². The van der Waals surface area contributed by atoms with Gasteiger partial charge in [0.1, 0.15) is 0 Å². The van der Waals surface area contributed by atoms with Gasteiger partial charge in [0.15, 0.2) is 5.16 Å². The highest BCUT2D eigenvalue weighted by Crippen LogP contribution is 2.27. The van der Waals surface area contributed by atoms with Crippen LogP contribution in [0.2, 0.25) is 10.0 Å². The summed E-state index contributed by atoms with van der Waals surface area (Å²) in [4.78, 5) is 31.0. The number of hydrogen-bond acceptors (Lipinski definition) is 4. The lowest BCUT2D eigenvalue weighted by Crippen LogP contribution is -2.23. The van der Waals surface area contributed by atoms with Crippen LogP contribution < -0.4 is 10.9 Å². The van der Waals surface area contributed by atoms with Crippen LogP contribution in [0, 0.1) is 0 Å². The van der Waals surface area contributed by atoms with E-state index >= 15 is 0 Å². The first kappa shape index (κ1) is 18.8. The van der Waals surface area contributed by atoms with E-state index in [1.165, 1.54) is 17.8 Å². The molecule has 0 radical (unpaired) electrons. The normalized spacial score (nSPS) is 12.0. The number of thioether (sulfide) groups is 1. The van der Waals surface area contributed by atoms with Crippen LogP contribution in [0.25, 0.3) is 0 Å². The fraction of sp³-hybridized carbons (Fsp3) is 0.312. The minimum atomic E-state index is -0.472. The van der Waals surface area contributed by atoms with E-state index < -0.39 is 5.25 Å². The predicted octanol–water partition coefficient (Wildman–Crippen LogP) is 4.15. The summed E-state index contributed by atoms with van der Waals surface area (Å²) in [5.74, 6) is -0.257. The standard InChI is InChI=1S/C16H17Cl2N3O2S/c1-3-4-11-8-14(22)21-16(19-11)24-9(2)15(23)20-13-7-10(17)5-6-12(13)18/h5-9H,3-4H2,1-2H3,(H,20,23)(H,19,21,22)/t9-/m1/s1. The van der Waals surface area contributed by atoms with Crippen molar-refractivity contribution in [3.05, 3.63) is 50.4 Å². The van der Waals surface area contributed by atoms with E-state index in [2.05, 4.69) is 15.3 Å². The highest BCUT2D eigenvalue weighted by atomic mass is 35.5. The Morgan fingerprint density at radius 1 is 1.38 bits per heavy atom. The fourth-order valence-corrected chi connectivity index (χ4v) is 3.14. The van der Waals surface area contributed by atoms with Gasteiger partial charge in [0.25, 0.3) is 5.56 Å². The van der Waals surface area contributed by atoms with Gasteiger partial charge in [0.05, 0.1) is 16.0 Å². The average Bonchev–Trinajstić information content (AvgIpc) is 2.50. The van der Waals surface area contributed by atoms with E-state index in [9.17, 15) is 9.59 Å². The first-order valence-electron chi connectivity index (χ1n) is 7.42. The van der Waals surface area contributed by atoms with E-state index in [1.54, 1.807) is 25.1 Å². The number of aryl methyl sites for hydroxylation is 1. The van der Waals surface area contributed by atoms with Crippen LogP contribution in [0.5, 0.6) is 0 Å². The molecule has 0 unspecified atom stereocenters. The fourth-order valence-electron chi connectivity index (χ4n) is 1.97. The molecule has 1 aromatic heterocycles. The van der Waals surface area contributed by atoms with E-state index in [0.717, 1.165) is 12.8 Å². The van der Waals surface area contributed by atoms with Gasteiger partial charge in [-0.25, -0.2) is 4.98 Å². The molecule has 2 aromatic rings. The van der Waals surface area contributed by atoms with Crippen molar-refractivity contribution in [2.24, 2.45) is 0 Å². The molecule has 2 N–H and O–H groups in total. The lowest BCUT2D eigenvalue weighted by atomic mass is 10.2. The lowest BCUT2D eigenvalue weighted by molar-refractivity contribution is -0.115. The molecule has 24 heavy (non-hydrogen) atoms. The number of H-pyrrole nitrogens is 1. The van der Waals surface area contributed by atoms with Crippen molar-refractivity contribution in [2.45, 2.75) is 37.1 Å². The molecular formula is C16H17Cl2N3O2S. The molecule has 0 spiro atoms. The van der Waals surface area contributed by atoms with Gasteiger partial charge in [-0.3, -0.25) is 9.59 Å². The van der Waals surface area contributed by atoms with E-state index in [0.29, 0.717) is 26.6 Å². The van der Waals surface area contributed by atoms with Gasteiger partial charge in [0.2, 0.25) is 5.91 Å². The number of anilines is 1. The third kappa shape index (κ3) is 5.26. The van der Waals surface area contributed by atoms with Gasteiger partial charge in [-0.05, 0) is 31.5 Å². The zero-order chi connectivity index (χ0) is 17.7. The summed E-state index contributed by atoms with van der Waals surface area (Å²) in [6.45, 7) is 3.74. The molecule has 1 heterocycles. The topological polar surface area (TPSA) is 74.8 Å². The number of benzene rings is 1. The summed E-state index contributed by atoms with van der Waals surface area (Å²) in [6, 6.07) is 6.32. The molecule has 0 aliphatic rings. The Kier molecular flexibility index (Phi) is 6.71. The molecule has 0 saturated carbocycles. The smallest absolute Gasteiger partial charge is 0.251 e. The summed E-state index contributed by atoms with van der Waals surface area (Å²) in [6.07, 6.45) is 1.61. The number of aromatic amines is 1. The SMILES string of the molecule is CCCc1cc(=O)[nH]c(S[C@H](C)C(=O)Nc2cc(Cl)ccc2Cl)n1. The number of aromatic nitrogens is 2. The summed E-state index contributed by atoms with van der Waals surface area (Å²) < 4.78 is 0. The maximum atomic E-state index is 12.3. The highest BCUT2D eigenvalue weighted by molar-refractivity contribution is 8.00. The minimum absolute atomic E-state index is 0.221. The van der Waals surface area contributed by atoms with Gasteiger partial charge in [-0.1, -0.05) is 48.3 Å². The van der Waals surface area contributed by atoms with Crippen LogP contribution >= 0.6 is 35.0 Å². The van der Waals surface area contributed by atoms with Crippen molar-refractivity contribution in [3.8, 4) is 0 Å². The maximum absolute atomic E-state index is 12.3. The van der Waals surface area contributed by atoms with Crippen LogP contribution in [-0.2, 0) is 11.2 Å². The molecule has 128 valence electrons. The molecule has 0 aliphatic heterocycles. The van der Waals surface area contributed by atoms with Crippen LogP contribution in [0.15, 0.2) is 34.2 Å². The summed E-state index contributed by atoms with van der Waals surface area (Å²) in [7, 11) is 0. The molecule has 8 heteroatoms. The van der Waals surface area contributed by atoms with Crippen molar-refractivity contribution < 1.29 is 4.79 Å². The van der Waals surface area contributed by atoms with Gasteiger partial charge in [-0.2, -0.15) is 0 Å². The maximum Gasteiger partial charge on any atom is 0.251 e. The summed E-state index contributed by atoms with van der Waals surface area (Å²) >= 11 is 13.1. The van der Waals surface area contributed by atoms with Crippen LogP contribution in [-0.4, -0.2) is 21.1 Å². The number of nitrogens with zero attached hydrogens (tertiary/aromatic N) is 1. The number of halogens is 2. The monoisotopic (exact) mass is 385 g/mol. The van der Waals surface area contributed by atoms with Crippen molar-refractivity contribution >= 4 is 46.6 Å². The van der Waals surface area contributed by atoms with E-state index in [-0.39, 0.29) is 11.5 Å². The number of carbonyl (C=O) groups is 1. The third-order valence-corrected chi connectivity index (χ3v) is 4.67. The van der Waals surface area contributed by atoms with E-state index in [4.69, 9.17) is 23.2 Å². The van der Waals surface area contributed by atoms with E-state index in [1.807, 2.05) is 6.92 Å². The molecule has 2 rings (SSSR count). The molecule has 0 saturated heterocycles. The van der Waals surface area contributed by atoms with Crippen molar-refractivity contribution in [1.29, 1.82) is 0 Å². The second kappa shape index (κ2) is 8.55. The van der Waals surface area contributed by atoms with Gasteiger partial charge in [0, 0.05) is 16.8 Å². The van der Waals surface area contributed by atoms with Crippen LogP contribution in [0.3, 0.4) is 0 Å². The van der Waals surface area contributed by atoms with Gasteiger partial charge >= 0.3 is 0 Å². The molecule has 5 nitrogen and oxygen atoms in total. The van der Waals surface area contributed by atoms with Crippen molar-refractivity contribution in [2.75, 3.05) is 5.32 Å². The summed E-state index contributed by atoms with van der Waals surface area (Å²) in [5.41, 5.74) is 0.943. The minimum Gasteiger partial charge on any atom is -0.324 e. The molecule has 1 aromatic carbocycles. The van der Waals surface area contributed by atoms with Gasteiger partial charge < -0.3 is 10.3 Å². The Morgan fingerprint density at radius 2 is 2.12 bits per heavy atom. The second-order valence-electron chi connectivity index (χ2n) is 5.17. The Hall–Kier alpha value is -1.50. The summed E-state index contributed by atoms with van der Waals surface area (Å²) in [5, 5.41) is 3.56. The first-order valence-corrected chi connectivity index (χ1v) is 9.05. The zero-order valence-corrected chi connectivity index (χ0v) is 15.6. The largest absolute Gasteiger partial charge is 0.324 e. The highest BCUT2D eigenvalue weighted by Gasteiger charge is 2.17.